The van der Waals surface area contributed by atoms with Crippen LogP contribution in [0.3, 0.4) is 0 Å². The molecule has 5 heteroatoms. The van der Waals surface area contributed by atoms with Crippen LogP contribution in [0.4, 0.5) is 13.2 Å². The van der Waals surface area contributed by atoms with Crippen molar-refractivity contribution in [3.8, 4) is 0 Å². The fourth-order valence-corrected chi connectivity index (χ4v) is 0.677. The molecule has 0 saturated carbocycles. The molecule has 0 spiro atoms. The number of carbonyl (C=O) groups is 1. The molecular weight excluding hydrogens is 171 g/mol. The third kappa shape index (κ3) is 4.98. The van der Waals surface area contributed by atoms with E-state index in [-0.39, 0.29) is 6.54 Å². The van der Waals surface area contributed by atoms with Crippen LogP contribution in [0.5, 0.6) is 0 Å². The average molecular weight is 183 g/mol. The number of halogens is 3. The van der Waals surface area contributed by atoms with E-state index in [0.29, 0.717) is 6.42 Å². The van der Waals surface area contributed by atoms with Crippen molar-refractivity contribution < 1.29 is 18.0 Å². The number of hydrogen-bond acceptors (Lipinski definition) is 1. The number of amides is 1. The van der Waals surface area contributed by atoms with Crippen molar-refractivity contribution in [2.75, 3.05) is 6.54 Å². The van der Waals surface area contributed by atoms with Crippen LogP contribution in [0, 0.1) is 0 Å². The Hall–Kier alpha value is -0.740. The highest BCUT2D eigenvalue weighted by Gasteiger charge is 2.37. The Balaban J connectivity index is 3.45. The molecule has 0 atom stereocenters. The molecule has 0 aromatic rings. The summed E-state index contributed by atoms with van der Waals surface area (Å²) >= 11 is 0. The lowest BCUT2D eigenvalue weighted by Gasteiger charge is -2.06. The van der Waals surface area contributed by atoms with Crippen LogP contribution in [-0.4, -0.2) is 18.6 Å². The van der Waals surface area contributed by atoms with Gasteiger partial charge in [-0.25, -0.2) is 0 Å². The van der Waals surface area contributed by atoms with E-state index in [2.05, 4.69) is 0 Å². The minimum absolute atomic E-state index is 0.103. The number of nitrogens with one attached hydrogen (secondary N) is 1. The molecule has 0 saturated heterocycles. The topological polar surface area (TPSA) is 29.1 Å². The average Bonchev–Trinajstić information content (AvgIpc) is 1.96. The van der Waals surface area contributed by atoms with Crippen molar-refractivity contribution in [2.24, 2.45) is 0 Å². The van der Waals surface area contributed by atoms with E-state index in [1.165, 1.54) is 0 Å². The zero-order valence-corrected chi connectivity index (χ0v) is 6.87. The number of hydrogen-bond donors (Lipinski definition) is 1. The second-order valence-corrected chi connectivity index (χ2v) is 2.46. The van der Waals surface area contributed by atoms with Gasteiger partial charge in [-0.1, -0.05) is 19.8 Å². The Labute approximate surface area is 69.1 Å². The second-order valence-electron chi connectivity index (χ2n) is 2.46. The van der Waals surface area contributed by atoms with Crippen LogP contribution in [-0.2, 0) is 4.79 Å². The molecule has 12 heavy (non-hydrogen) atoms. The Morgan fingerprint density at radius 2 is 1.92 bits per heavy atom. The quantitative estimate of drug-likeness (QED) is 0.662. The molecule has 0 aromatic carbocycles. The van der Waals surface area contributed by atoms with E-state index in [0.717, 1.165) is 12.8 Å². The van der Waals surface area contributed by atoms with Gasteiger partial charge in [-0.2, -0.15) is 13.2 Å². The zero-order chi connectivity index (χ0) is 9.61. The summed E-state index contributed by atoms with van der Waals surface area (Å²) in [5, 5.41) is 1.79. The Morgan fingerprint density at radius 1 is 1.33 bits per heavy atom. The van der Waals surface area contributed by atoms with Gasteiger partial charge in [0.1, 0.15) is 0 Å². The summed E-state index contributed by atoms with van der Waals surface area (Å²) in [6, 6.07) is 0. The van der Waals surface area contributed by atoms with E-state index in [1.807, 2.05) is 6.92 Å². The molecule has 1 N–H and O–H groups in total. The lowest BCUT2D eigenvalue weighted by molar-refractivity contribution is -0.173. The molecule has 0 heterocycles. The van der Waals surface area contributed by atoms with E-state index in [9.17, 15) is 18.0 Å². The largest absolute Gasteiger partial charge is 0.471 e. The first-order valence-corrected chi connectivity index (χ1v) is 3.83. The maximum Gasteiger partial charge on any atom is 0.471 e. The SMILES string of the molecule is CCCCCNC(=O)C(F)(F)F. The molecule has 0 unspecified atom stereocenters. The van der Waals surface area contributed by atoms with Crippen LogP contribution >= 0.6 is 0 Å². The van der Waals surface area contributed by atoms with Crippen LogP contribution in [0.15, 0.2) is 0 Å². The summed E-state index contributed by atoms with van der Waals surface area (Å²) in [4.78, 5) is 10.2. The molecule has 0 radical (unpaired) electrons. The molecule has 0 fully saturated rings. The van der Waals surface area contributed by atoms with Crippen LogP contribution in [0.1, 0.15) is 26.2 Å². The smallest absolute Gasteiger partial charge is 0.348 e. The summed E-state index contributed by atoms with van der Waals surface area (Å²) in [6.45, 7) is 2.04. The number of carbonyl (C=O) groups excluding carboxylic acids is 1. The maximum absolute atomic E-state index is 11.5. The van der Waals surface area contributed by atoms with Crippen LogP contribution in [0.25, 0.3) is 0 Å². The normalized spacial score (nSPS) is 11.3. The van der Waals surface area contributed by atoms with Crippen molar-refractivity contribution in [1.29, 1.82) is 0 Å². The maximum atomic E-state index is 11.5. The van der Waals surface area contributed by atoms with Crippen molar-refractivity contribution in [1.82, 2.24) is 5.32 Å². The van der Waals surface area contributed by atoms with E-state index in [4.69, 9.17) is 0 Å². The molecule has 0 aromatic heterocycles. The van der Waals surface area contributed by atoms with Gasteiger partial charge in [0.2, 0.25) is 0 Å². The van der Waals surface area contributed by atoms with E-state index in [1.54, 1.807) is 5.32 Å². The van der Waals surface area contributed by atoms with Gasteiger partial charge in [0, 0.05) is 6.54 Å². The molecule has 0 aliphatic carbocycles. The van der Waals surface area contributed by atoms with Gasteiger partial charge in [0.15, 0.2) is 0 Å². The molecular formula is C7H12F3NO. The van der Waals surface area contributed by atoms with Gasteiger partial charge in [0.05, 0.1) is 0 Å². The van der Waals surface area contributed by atoms with Gasteiger partial charge >= 0.3 is 12.1 Å². The molecule has 2 nitrogen and oxygen atoms in total. The van der Waals surface area contributed by atoms with Gasteiger partial charge in [-0.05, 0) is 6.42 Å². The van der Waals surface area contributed by atoms with E-state index < -0.39 is 12.1 Å². The predicted molar refractivity (Wildman–Crippen MR) is 38.6 cm³/mol. The second kappa shape index (κ2) is 5.00. The van der Waals surface area contributed by atoms with Gasteiger partial charge in [0.25, 0.3) is 0 Å². The lowest BCUT2D eigenvalue weighted by atomic mass is 10.2. The number of alkyl halides is 3. The summed E-state index contributed by atoms with van der Waals surface area (Å²) in [5.41, 5.74) is 0. The lowest BCUT2D eigenvalue weighted by Crippen LogP contribution is -2.37. The van der Waals surface area contributed by atoms with Crippen molar-refractivity contribution in [2.45, 2.75) is 32.4 Å². The molecule has 72 valence electrons. The van der Waals surface area contributed by atoms with Crippen LogP contribution in [0.2, 0.25) is 0 Å². The third-order valence-electron chi connectivity index (χ3n) is 1.32. The van der Waals surface area contributed by atoms with Gasteiger partial charge < -0.3 is 5.32 Å². The summed E-state index contributed by atoms with van der Waals surface area (Å²) in [5.74, 6) is -1.85. The highest BCUT2D eigenvalue weighted by Crippen LogP contribution is 2.13. The first-order valence-electron chi connectivity index (χ1n) is 3.83. The number of unbranched alkanes of at least 4 members (excludes halogenated alkanes) is 2. The first-order chi connectivity index (χ1) is 5.48. The highest BCUT2D eigenvalue weighted by molar-refractivity contribution is 5.81. The van der Waals surface area contributed by atoms with Crippen molar-refractivity contribution in [3.63, 3.8) is 0 Å². The van der Waals surface area contributed by atoms with Gasteiger partial charge in [-0.3, -0.25) is 4.79 Å². The zero-order valence-electron chi connectivity index (χ0n) is 6.87. The summed E-state index contributed by atoms with van der Waals surface area (Å²) < 4.78 is 34.6. The molecule has 0 bridgehead atoms. The Morgan fingerprint density at radius 3 is 2.33 bits per heavy atom. The molecule has 0 aliphatic rings. The Kier molecular flexibility index (Phi) is 4.70. The fraction of sp³-hybridized carbons (Fsp3) is 0.857. The Bertz CT molecular complexity index is 144. The minimum Gasteiger partial charge on any atom is -0.348 e. The fourth-order valence-electron chi connectivity index (χ4n) is 0.677. The molecule has 1 amide bonds. The number of rotatable bonds is 4. The highest BCUT2D eigenvalue weighted by atomic mass is 19.4. The minimum atomic E-state index is -4.74. The third-order valence-corrected chi connectivity index (χ3v) is 1.32. The predicted octanol–water partition coefficient (Wildman–Crippen LogP) is 1.86. The standard InChI is InChI=1S/C7H12F3NO/c1-2-3-4-5-11-6(12)7(8,9)10/h2-5H2,1H3,(H,11,12). The van der Waals surface area contributed by atoms with E-state index >= 15 is 0 Å². The van der Waals surface area contributed by atoms with Crippen molar-refractivity contribution in [3.05, 3.63) is 0 Å². The first kappa shape index (κ1) is 11.3. The summed E-state index contributed by atoms with van der Waals surface area (Å²) in [7, 11) is 0. The summed E-state index contributed by atoms with van der Waals surface area (Å²) in [6.07, 6.45) is -2.40. The molecule has 0 aliphatic heterocycles. The van der Waals surface area contributed by atoms with Crippen molar-refractivity contribution >= 4 is 5.91 Å². The van der Waals surface area contributed by atoms with Gasteiger partial charge in [-0.15, -0.1) is 0 Å². The van der Waals surface area contributed by atoms with Crippen LogP contribution < -0.4 is 5.32 Å². The monoisotopic (exact) mass is 183 g/mol. The molecule has 0 rings (SSSR count).